The minimum atomic E-state index is -0.692. The van der Waals surface area contributed by atoms with E-state index >= 15 is 0 Å². The molecule has 0 aliphatic rings. The highest BCUT2D eigenvalue weighted by Crippen LogP contribution is 2.32. The van der Waals surface area contributed by atoms with Crippen LogP contribution in [0.2, 0.25) is 0 Å². The summed E-state index contributed by atoms with van der Waals surface area (Å²) in [5.74, 6) is 1.28. The van der Waals surface area contributed by atoms with Gasteiger partial charge in [-0.1, -0.05) is 6.07 Å². The molecule has 1 aromatic heterocycles. The van der Waals surface area contributed by atoms with Crippen molar-refractivity contribution in [2.75, 3.05) is 7.11 Å². The largest absolute Gasteiger partial charge is 0.496 e. The number of aliphatic hydroxyl groups is 1. The molecule has 0 spiro atoms. The Morgan fingerprint density at radius 1 is 1.21 bits per heavy atom. The van der Waals surface area contributed by atoms with Gasteiger partial charge in [-0.05, 0) is 71.6 Å². The summed E-state index contributed by atoms with van der Waals surface area (Å²) in [6.07, 6.45) is -0.225. The van der Waals surface area contributed by atoms with Gasteiger partial charge in [0.25, 0.3) is 0 Å². The van der Waals surface area contributed by atoms with Crippen molar-refractivity contribution in [2.45, 2.75) is 12.5 Å². The Balaban J connectivity index is 2.14. The van der Waals surface area contributed by atoms with Crippen LogP contribution < -0.4 is 4.74 Å². The van der Waals surface area contributed by atoms with Crippen LogP contribution in [-0.2, 0) is 6.42 Å². The van der Waals surface area contributed by atoms with Crippen LogP contribution >= 0.6 is 47.8 Å². The third-order valence-electron chi connectivity index (χ3n) is 2.64. The number of furan rings is 1. The quantitative estimate of drug-likeness (QED) is 0.718. The zero-order chi connectivity index (χ0) is 14.0. The van der Waals surface area contributed by atoms with Gasteiger partial charge in [0.2, 0.25) is 0 Å². The lowest BCUT2D eigenvalue weighted by Crippen LogP contribution is -2.00. The maximum atomic E-state index is 10.1. The molecule has 1 N–H and O–H groups in total. The molecule has 6 heteroatoms. The van der Waals surface area contributed by atoms with Crippen LogP contribution in [-0.4, -0.2) is 12.2 Å². The van der Waals surface area contributed by atoms with Crippen LogP contribution in [0.15, 0.2) is 42.3 Å². The Bertz CT molecular complexity index is 561. The first-order chi connectivity index (χ1) is 9.01. The maximum absolute atomic E-state index is 10.1. The fourth-order valence-electron chi connectivity index (χ4n) is 1.69. The average Bonchev–Trinajstić information content (AvgIpc) is 2.70. The minimum absolute atomic E-state index is 0.467. The maximum Gasteiger partial charge on any atom is 0.183 e. The molecule has 2 aromatic rings. The molecule has 102 valence electrons. The van der Waals surface area contributed by atoms with E-state index in [4.69, 9.17) is 9.15 Å². The molecule has 0 amide bonds. The highest BCUT2D eigenvalue weighted by Gasteiger charge is 2.16. The topological polar surface area (TPSA) is 42.6 Å². The number of methoxy groups -OCH3 is 1. The third-order valence-corrected chi connectivity index (χ3v) is 4.97. The predicted molar refractivity (Wildman–Crippen MR) is 83.5 cm³/mol. The molecule has 1 unspecified atom stereocenters. The van der Waals surface area contributed by atoms with E-state index in [1.54, 1.807) is 13.2 Å². The first kappa shape index (κ1) is 15.1. The van der Waals surface area contributed by atoms with E-state index in [0.29, 0.717) is 16.9 Å². The third kappa shape index (κ3) is 3.62. The molecule has 0 aliphatic carbocycles. The lowest BCUT2D eigenvalue weighted by Gasteiger charge is -2.09. The van der Waals surface area contributed by atoms with Crippen molar-refractivity contribution < 1.29 is 14.3 Å². The van der Waals surface area contributed by atoms with Gasteiger partial charge in [-0.15, -0.1) is 0 Å². The number of hydrogen-bond acceptors (Lipinski definition) is 3. The second kappa shape index (κ2) is 6.43. The van der Waals surface area contributed by atoms with Crippen LogP contribution in [0.25, 0.3) is 0 Å². The van der Waals surface area contributed by atoms with Crippen molar-refractivity contribution in [3.8, 4) is 5.75 Å². The predicted octanol–water partition coefficient (Wildman–Crippen LogP) is 4.85. The summed E-state index contributed by atoms with van der Waals surface area (Å²) in [5, 5.41) is 10.1. The van der Waals surface area contributed by atoms with E-state index in [9.17, 15) is 5.11 Å². The lowest BCUT2D eigenvalue weighted by atomic mass is 10.1. The van der Waals surface area contributed by atoms with Gasteiger partial charge >= 0.3 is 0 Å². The minimum Gasteiger partial charge on any atom is -0.496 e. The van der Waals surface area contributed by atoms with E-state index < -0.39 is 6.10 Å². The molecule has 0 saturated heterocycles. The van der Waals surface area contributed by atoms with Crippen LogP contribution in [0, 0.1) is 0 Å². The van der Waals surface area contributed by atoms with Crippen LogP contribution in [0.3, 0.4) is 0 Å². The zero-order valence-corrected chi connectivity index (χ0v) is 14.7. The molecular weight excluding hydrogens is 444 g/mol. The van der Waals surface area contributed by atoms with Gasteiger partial charge in [0.05, 0.1) is 16.1 Å². The summed E-state index contributed by atoms with van der Waals surface area (Å²) in [7, 11) is 1.62. The molecule has 0 bridgehead atoms. The zero-order valence-electron chi connectivity index (χ0n) is 9.99. The van der Waals surface area contributed by atoms with Crippen LogP contribution in [0.1, 0.15) is 17.4 Å². The van der Waals surface area contributed by atoms with E-state index in [2.05, 4.69) is 47.8 Å². The normalized spacial score (nSPS) is 12.5. The number of halogens is 3. The van der Waals surface area contributed by atoms with Gasteiger partial charge in [-0.2, -0.15) is 0 Å². The van der Waals surface area contributed by atoms with Gasteiger partial charge in [0.1, 0.15) is 17.6 Å². The van der Waals surface area contributed by atoms with Crippen molar-refractivity contribution in [3.63, 3.8) is 0 Å². The highest BCUT2D eigenvalue weighted by atomic mass is 79.9. The van der Waals surface area contributed by atoms with Gasteiger partial charge < -0.3 is 14.3 Å². The lowest BCUT2D eigenvalue weighted by molar-refractivity contribution is 0.148. The summed E-state index contributed by atoms with van der Waals surface area (Å²) < 4.78 is 12.8. The SMILES string of the molecule is COc1ccc(CC(O)c2cc(Br)c(Br)o2)cc1Br. The van der Waals surface area contributed by atoms with Gasteiger partial charge in [0.15, 0.2) is 4.67 Å². The molecule has 19 heavy (non-hydrogen) atoms. The summed E-state index contributed by atoms with van der Waals surface area (Å²) >= 11 is 10.0. The standard InChI is InChI=1S/C13H11Br3O3/c1-18-11-3-2-7(4-8(11)14)5-10(17)12-6-9(15)13(16)19-12/h2-4,6,10,17H,5H2,1H3. The first-order valence-electron chi connectivity index (χ1n) is 5.46. The summed E-state index contributed by atoms with van der Waals surface area (Å²) in [6, 6.07) is 7.46. The van der Waals surface area contributed by atoms with E-state index in [1.165, 1.54) is 0 Å². The van der Waals surface area contributed by atoms with Crippen LogP contribution in [0.4, 0.5) is 0 Å². The van der Waals surface area contributed by atoms with Gasteiger partial charge in [0, 0.05) is 6.42 Å². The molecule has 2 rings (SSSR count). The van der Waals surface area contributed by atoms with Crippen LogP contribution in [0.5, 0.6) is 5.75 Å². The highest BCUT2D eigenvalue weighted by molar-refractivity contribution is 9.13. The molecular formula is C13H11Br3O3. The van der Waals surface area contributed by atoms with E-state index in [0.717, 1.165) is 20.3 Å². The molecule has 1 heterocycles. The average molecular weight is 455 g/mol. The van der Waals surface area contributed by atoms with Crippen molar-refractivity contribution >= 4 is 47.8 Å². The second-order valence-electron chi connectivity index (χ2n) is 3.96. The fraction of sp³-hybridized carbons (Fsp3) is 0.231. The smallest absolute Gasteiger partial charge is 0.183 e. The van der Waals surface area contributed by atoms with Gasteiger partial charge in [-0.25, -0.2) is 0 Å². The Hall–Kier alpha value is -0.300. The van der Waals surface area contributed by atoms with Crippen molar-refractivity contribution in [2.24, 2.45) is 0 Å². The number of benzene rings is 1. The Morgan fingerprint density at radius 2 is 1.95 bits per heavy atom. The van der Waals surface area contributed by atoms with Crippen molar-refractivity contribution in [1.82, 2.24) is 0 Å². The van der Waals surface area contributed by atoms with E-state index in [-0.39, 0.29) is 0 Å². The van der Waals surface area contributed by atoms with Crippen molar-refractivity contribution in [1.29, 1.82) is 0 Å². The second-order valence-corrected chi connectivity index (χ2v) is 6.39. The number of aliphatic hydroxyl groups excluding tert-OH is 1. The number of rotatable bonds is 4. The molecule has 0 radical (unpaired) electrons. The Morgan fingerprint density at radius 3 is 2.47 bits per heavy atom. The molecule has 1 aromatic carbocycles. The summed E-state index contributed by atoms with van der Waals surface area (Å²) in [4.78, 5) is 0. The molecule has 0 fully saturated rings. The Labute approximate surface area is 136 Å². The Kier molecular flexibility index (Phi) is 5.11. The monoisotopic (exact) mass is 452 g/mol. The number of hydrogen-bond donors (Lipinski definition) is 1. The molecule has 0 aliphatic heterocycles. The molecule has 0 saturated carbocycles. The molecule has 3 nitrogen and oxygen atoms in total. The summed E-state index contributed by atoms with van der Waals surface area (Å²) in [6.45, 7) is 0. The van der Waals surface area contributed by atoms with Crippen molar-refractivity contribution in [3.05, 3.63) is 49.2 Å². The van der Waals surface area contributed by atoms with Gasteiger partial charge in [-0.3, -0.25) is 0 Å². The summed E-state index contributed by atoms with van der Waals surface area (Å²) in [5.41, 5.74) is 0.990. The van der Waals surface area contributed by atoms with E-state index in [1.807, 2.05) is 18.2 Å². The molecule has 1 atom stereocenters. The number of ether oxygens (including phenoxy) is 1. The fourth-order valence-corrected chi connectivity index (χ4v) is 2.88. The first-order valence-corrected chi connectivity index (χ1v) is 7.84.